The van der Waals surface area contributed by atoms with E-state index in [2.05, 4.69) is 15.8 Å². The topological polar surface area (TPSA) is 84.2 Å². The Morgan fingerprint density at radius 1 is 0.824 bits per heavy atom. The predicted octanol–water partition coefficient (Wildman–Crippen LogP) is 6.00. The van der Waals surface area contributed by atoms with Crippen molar-refractivity contribution in [3.05, 3.63) is 102 Å². The first kappa shape index (κ1) is 22.7. The second-order valence-corrected chi connectivity index (χ2v) is 7.12. The van der Waals surface area contributed by atoms with Crippen LogP contribution in [0.1, 0.15) is 26.5 Å². The van der Waals surface area contributed by atoms with Crippen LogP contribution in [0.25, 0.3) is 11.3 Å². The van der Waals surface area contributed by atoms with Gasteiger partial charge in [0.25, 0.3) is 11.8 Å². The third kappa shape index (κ3) is 5.12. The summed E-state index contributed by atoms with van der Waals surface area (Å²) < 4.78 is 59.0. The lowest BCUT2D eigenvalue weighted by atomic mass is 10.1. The fourth-order valence-electron chi connectivity index (χ4n) is 3.08. The van der Waals surface area contributed by atoms with E-state index in [-0.39, 0.29) is 17.0 Å². The van der Waals surface area contributed by atoms with Gasteiger partial charge >= 0.3 is 6.18 Å². The first-order chi connectivity index (χ1) is 16.2. The quantitative estimate of drug-likeness (QED) is 0.351. The number of carbonyl (C=O) groups excluding carboxylic acids is 2. The highest BCUT2D eigenvalue weighted by molar-refractivity contribution is 6.05. The summed E-state index contributed by atoms with van der Waals surface area (Å²) in [4.78, 5) is 24.7. The minimum atomic E-state index is -4.84. The van der Waals surface area contributed by atoms with Gasteiger partial charge in [-0.05, 0) is 42.5 Å². The number of amides is 2. The summed E-state index contributed by atoms with van der Waals surface area (Å²) in [5, 5.41) is 8.26. The summed E-state index contributed by atoms with van der Waals surface area (Å²) >= 11 is 0. The number of hydrogen-bond acceptors (Lipinski definition) is 4. The Kier molecular flexibility index (Phi) is 6.13. The number of rotatable bonds is 5. The molecule has 34 heavy (non-hydrogen) atoms. The Morgan fingerprint density at radius 2 is 1.53 bits per heavy atom. The SMILES string of the molecule is O=C(Nc1ccc(NC(=O)c2cc(-c3ccccc3)no2)c(C(F)(F)F)c1)c1ccc(F)cc1. The molecule has 10 heteroatoms. The van der Waals surface area contributed by atoms with Crippen LogP contribution in [0.5, 0.6) is 0 Å². The molecule has 0 fully saturated rings. The van der Waals surface area contributed by atoms with Crippen LogP contribution in [0.4, 0.5) is 28.9 Å². The molecular weight excluding hydrogens is 454 g/mol. The van der Waals surface area contributed by atoms with E-state index in [0.717, 1.165) is 18.2 Å². The van der Waals surface area contributed by atoms with Crippen molar-refractivity contribution < 1.29 is 31.7 Å². The van der Waals surface area contributed by atoms with Gasteiger partial charge < -0.3 is 15.2 Å². The smallest absolute Gasteiger partial charge is 0.350 e. The molecule has 2 amide bonds. The van der Waals surface area contributed by atoms with Crippen LogP contribution < -0.4 is 10.6 Å². The molecule has 1 aromatic heterocycles. The van der Waals surface area contributed by atoms with Gasteiger partial charge in [0.15, 0.2) is 0 Å². The van der Waals surface area contributed by atoms with Crippen molar-refractivity contribution in [2.45, 2.75) is 6.18 Å². The zero-order chi connectivity index (χ0) is 24.3. The highest BCUT2D eigenvalue weighted by atomic mass is 19.4. The molecule has 172 valence electrons. The Labute approximate surface area is 190 Å². The van der Waals surface area contributed by atoms with E-state index in [0.29, 0.717) is 17.3 Å². The molecule has 0 aliphatic heterocycles. The van der Waals surface area contributed by atoms with E-state index in [1.165, 1.54) is 24.3 Å². The van der Waals surface area contributed by atoms with Crippen LogP contribution in [0.2, 0.25) is 0 Å². The zero-order valence-electron chi connectivity index (χ0n) is 17.2. The van der Waals surface area contributed by atoms with E-state index in [1.54, 1.807) is 30.3 Å². The Balaban J connectivity index is 1.55. The molecule has 0 unspecified atom stereocenters. The van der Waals surface area contributed by atoms with Crippen molar-refractivity contribution in [3.8, 4) is 11.3 Å². The molecule has 4 rings (SSSR count). The molecule has 0 saturated carbocycles. The number of benzene rings is 3. The summed E-state index contributed by atoms with van der Waals surface area (Å²) in [5.41, 5.74) is -0.795. The largest absolute Gasteiger partial charge is 0.418 e. The zero-order valence-corrected chi connectivity index (χ0v) is 17.2. The van der Waals surface area contributed by atoms with Crippen molar-refractivity contribution >= 4 is 23.2 Å². The van der Waals surface area contributed by atoms with Crippen LogP contribution >= 0.6 is 0 Å². The molecule has 1 heterocycles. The Morgan fingerprint density at radius 3 is 2.21 bits per heavy atom. The lowest BCUT2D eigenvalue weighted by Gasteiger charge is -2.15. The molecule has 0 atom stereocenters. The van der Waals surface area contributed by atoms with Gasteiger partial charge in [-0.1, -0.05) is 35.5 Å². The molecule has 4 aromatic rings. The van der Waals surface area contributed by atoms with Crippen LogP contribution in [0.3, 0.4) is 0 Å². The van der Waals surface area contributed by atoms with Gasteiger partial charge in [0.1, 0.15) is 11.5 Å². The summed E-state index contributed by atoms with van der Waals surface area (Å²) in [7, 11) is 0. The predicted molar refractivity (Wildman–Crippen MR) is 116 cm³/mol. The van der Waals surface area contributed by atoms with Crippen molar-refractivity contribution in [2.24, 2.45) is 0 Å². The van der Waals surface area contributed by atoms with E-state index in [4.69, 9.17) is 4.52 Å². The molecule has 0 radical (unpaired) electrons. The van der Waals surface area contributed by atoms with Gasteiger partial charge in [-0.25, -0.2) is 4.39 Å². The highest BCUT2D eigenvalue weighted by Crippen LogP contribution is 2.37. The first-order valence-electron chi connectivity index (χ1n) is 9.82. The second kappa shape index (κ2) is 9.18. The number of alkyl halides is 3. The molecule has 6 nitrogen and oxygen atoms in total. The minimum absolute atomic E-state index is 0.0619. The number of carbonyl (C=O) groups is 2. The fourth-order valence-corrected chi connectivity index (χ4v) is 3.08. The first-order valence-corrected chi connectivity index (χ1v) is 9.82. The van der Waals surface area contributed by atoms with Crippen LogP contribution in [0.15, 0.2) is 83.4 Å². The third-order valence-electron chi connectivity index (χ3n) is 4.74. The third-order valence-corrected chi connectivity index (χ3v) is 4.74. The lowest BCUT2D eigenvalue weighted by molar-refractivity contribution is -0.136. The Bertz CT molecular complexity index is 1330. The maximum absolute atomic E-state index is 13.7. The van der Waals surface area contributed by atoms with Crippen LogP contribution in [0, 0.1) is 5.82 Å². The molecular formula is C24H15F4N3O3. The molecule has 0 saturated heterocycles. The second-order valence-electron chi connectivity index (χ2n) is 7.12. The number of aromatic nitrogens is 1. The maximum Gasteiger partial charge on any atom is 0.418 e. The number of nitrogens with zero attached hydrogens (tertiary/aromatic N) is 1. The van der Waals surface area contributed by atoms with Crippen molar-refractivity contribution in [1.29, 1.82) is 0 Å². The van der Waals surface area contributed by atoms with Crippen molar-refractivity contribution in [3.63, 3.8) is 0 Å². The summed E-state index contributed by atoms with van der Waals surface area (Å²) in [6.45, 7) is 0. The van der Waals surface area contributed by atoms with Gasteiger partial charge in [-0.2, -0.15) is 13.2 Å². The molecule has 0 bridgehead atoms. The van der Waals surface area contributed by atoms with Crippen LogP contribution in [-0.2, 0) is 6.18 Å². The standard InChI is InChI=1S/C24H15F4N3O3/c25-16-8-6-15(7-9-16)22(32)29-17-10-11-19(18(12-17)24(26,27)28)30-23(33)21-13-20(31-34-21)14-4-2-1-3-5-14/h1-13H,(H,29,32)(H,30,33). The number of hydrogen-bond donors (Lipinski definition) is 2. The number of anilines is 2. The molecule has 0 spiro atoms. The number of halogens is 4. The lowest BCUT2D eigenvalue weighted by Crippen LogP contribution is -2.17. The van der Waals surface area contributed by atoms with E-state index >= 15 is 0 Å². The van der Waals surface area contributed by atoms with E-state index in [9.17, 15) is 27.2 Å². The molecule has 0 aliphatic carbocycles. The van der Waals surface area contributed by atoms with Gasteiger partial charge in [-0.15, -0.1) is 0 Å². The van der Waals surface area contributed by atoms with E-state index in [1.807, 2.05) is 0 Å². The fraction of sp³-hybridized carbons (Fsp3) is 0.0417. The monoisotopic (exact) mass is 469 g/mol. The van der Waals surface area contributed by atoms with Gasteiger partial charge in [-0.3, -0.25) is 9.59 Å². The van der Waals surface area contributed by atoms with Crippen LogP contribution in [-0.4, -0.2) is 17.0 Å². The normalized spacial score (nSPS) is 11.2. The molecule has 0 aliphatic rings. The number of nitrogens with one attached hydrogen (secondary N) is 2. The summed E-state index contributed by atoms with van der Waals surface area (Å²) in [6, 6.07) is 17.5. The maximum atomic E-state index is 13.7. The average Bonchev–Trinajstić information content (AvgIpc) is 3.31. The van der Waals surface area contributed by atoms with Gasteiger partial charge in [0, 0.05) is 22.9 Å². The molecule has 2 N–H and O–H groups in total. The van der Waals surface area contributed by atoms with Crippen molar-refractivity contribution in [2.75, 3.05) is 10.6 Å². The average molecular weight is 469 g/mol. The Hall–Kier alpha value is -4.47. The van der Waals surface area contributed by atoms with E-state index < -0.39 is 35.1 Å². The van der Waals surface area contributed by atoms with Crippen molar-refractivity contribution in [1.82, 2.24) is 5.16 Å². The van der Waals surface area contributed by atoms with Gasteiger partial charge in [0.2, 0.25) is 5.76 Å². The summed E-state index contributed by atoms with van der Waals surface area (Å²) in [6.07, 6.45) is -4.84. The van der Waals surface area contributed by atoms with Gasteiger partial charge in [0.05, 0.1) is 11.3 Å². The molecule has 3 aromatic carbocycles. The minimum Gasteiger partial charge on any atom is -0.350 e. The summed E-state index contributed by atoms with van der Waals surface area (Å²) in [5.74, 6) is -2.48. The highest BCUT2D eigenvalue weighted by Gasteiger charge is 2.35.